The maximum absolute atomic E-state index is 12.8. The lowest BCUT2D eigenvalue weighted by Gasteiger charge is -2.12. The molecule has 5 heteroatoms. The predicted molar refractivity (Wildman–Crippen MR) is 83.5 cm³/mol. The second-order valence-electron chi connectivity index (χ2n) is 5.00. The standard InChI is InChI=1S/C17H16N2O3/c20-13-7-6-12(10-14(13)21)15(17-18-8-9-19-17)16(22)11-4-2-1-3-5-11/h1-7,10,18-21H,8-9H2. The van der Waals surface area contributed by atoms with Gasteiger partial charge in [0.1, 0.15) is 5.82 Å². The maximum atomic E-state index is 12.8. The van der Waals surface area contributed by atoms with Gasteiger partial charge in [0.2, 0.25) is 0 Å². The Morgan fingerprint density at radius 2 is 1.55 bits per heavy atom. The zero-order valence-corrected chi connectivity index (χ0v) is 11.8. The van der Waals surface area contributed by atoms with Crippen LogP contribution in [0.1, 0.15) is 15.9 Å². The van der Waals surface area contributed by atoms with Gasteiger partial charge in [-0.2, -0.15) is 0 Å². The van der Waals surface area contributed by atoms with Crippen molar-refractivity contribution in [3.05, 3.63) is 65.5 Å². The number of allylic oxidation sites excluding steroid dienone is 1. The zero-order chi connectivity index (χ0) is 15.5. The van der Waals surface area contributed by atoms with Crippen molar-refractivity contribution in [1.29, 1.82) is 0 Å². The predicted octanol–water partition coefficient (Wildman–Crippen LogP) is 1.84. The van der Waals surface area contributed by atoms with Crippen molar-refractivity contribution in [2.75, 3.05) is 13.1 Å². The second-order valence-corrected chi connectivity index (χ2v) is 5.00. The van der Waals surface area contributed by atoms with Crippen LogP contribution in [0.25, 0.3) is 5.57 Å². The van der Waals surface area contributed by atoms with E-state index in [0.717, 1.165) is 13.1 Å². The Labute approximate surface area is 127 Å². The van der Waals surface area contributed by atoms with E-state index in [1.165, 1.54) is 12.1 Å². The minimum atomic E-state index is -0.255. The molecule has 112 valence electrons. The third-order valence-electron chi connectivity index (χ3n) is 3.51. The van der Waals surface area contributed by atoms with Gasteiger partial charge in [-0.3, -0.25) is 4.79 Å². The maximum Gasteiger partial charge on any atom is 0.197 e. The van der Waals surface area contributed by atoms with E-state index in [0.29, 0.717) is 22.5 Å². The van der Waals surface area contributed by atoms with Crippen LogP contribution in [0, 0.1) is 0 Å². The van der Waals surface area contributed by atoms with Gasteiger partial charge in [-0.1, -0.05) is 36.4 Å². The molecule has 0 atom stereocenters. The molecule has 0 amide bonds. The Hall–Kier alpha value is -2.95. The van der Waals surface area contributed by atoms with Crippen LogP contribution in [0.5, 0.6) is 11.5 Å². The van der Waals surface area contributed by atoms with Crippen LogP contribution in [0.15, 0.2) is 54.4 Å². The average Bonchev–Trinajstić information content (AvgIpc) is 3.06. The van der Waals surface area contributed by atoms with Crippen molar-refractivity contribution in [3.8, 4) is 11.5 Å². The Bertz CT molecular complexity index is 731. The normalized spacial score (nSPS) is 13.4. The summed E-state index contributed by atoms with van der Waals surface area (Å²) in [5, 5.41) is 25.5. The fraction of sp³-hybridized carbons (Fsp3) is 0.118. The number of carbonyl (C=O) groups is 1. The first kappa shape index (κ1) is 14.0. The molecule has 1 fully saturated rings. The van der Waals surface area contributed by atoms with Crippen LogP contribution in [0.3, 0.4) is 0 Å². The molecule has 0 saturated carbocycles. The summed E-state index contributed by atoms with van der Waals surface area (Å²) in [6.45, 7) is 1.45. The van der Waals surface area contributed by atoms with Gasteiger partial charge in [0.25, 0.3) is 0 Å². The minimum absolute atomic E-state index is 0.150. The molecule has 22 heavy (non-hydrogen) atoms. The van der Waals surface area contributed by atoms with Gasteiger partial charge >= 0.3 is 0 Å². The van der Waals surface area contributed by atoms with E-state index >= 15 is 0 Å². The van der Waals surface area contributed by atoms with Crippen LogP contribution in [-0.4, -0.2) is 29.1 Å². The quantitative estimate of drug-likeness (QED) is 0.395. The Morgan fingerprint density at radius 1 is 0.864 bits per heavy atom. The lowest BCUT2D eigenvalue weighted by molar-refractivity contribution is 0.105. The van der Waals surface area contributed by atoms with Crippen molar-refractivity contribution >= 4 is 11.4 Å². The molecule has 0 aliphatic carbocycles. The number of hydrogen-bond acceptors (Lipinski definition) is 5. The molecule has 0 aromatic heterocycles. The molecular weight excluding hydrogens is 280 g/mol. The molecule has 0 spiro atoms. The van der Waals surface area contributed by atoms with E-state index in [2.05, 4.69) is 10.6 Å². The number of hydrogen-bond donors (Lipinski definition) is 4. The number of Topliss-reactive ketones (excluding diaryl/α,β-unsaturated/α-hetero) is 1. The average molecular weight is 296 g/mol. The lowest BCUT2D eigenvalue weighted by Crippen LogP contribution is -2.18. The summed E-state index contributed by atoms with van der Waals surface area (Å²) >= 11 is 0. The molecule has 1 aliphatic heterocycles. The monoisotopic (exact) mass is 296 g/mol. The van der Waals surface area contributed by atoms with Crippen molar-refractivity contribution in [1.82, 2.24) is 10.6 Å². The molecule has 4 N–H and O–H groups in total. The third kappa shape index (κ3) is 2.61. The van der Waals surface area contributed by atoms with Crippen LogP contribution in [-0.2, 0) is 0 Å². The molecular formula is C17H16N2O3. The minimum Gasteiger partial charge on any atom is -0.504 e. The van der Waals surface area contributed by atoms with E-state index < -0.39 is 0 Å². The molecule has 5 nitrogen and oxygen atoms in total. The summed E-state index contributed by atoms with van der Waals surface area (Å²) in [6.07, 6.45) is 0. The molecule has 1 aliphatic rings. The molecule has 2 aromatic carbocycles. The fourth-order valence-corrected chi connectivity index (χ4v) is 2.42. The van der Waals surface area contributed by atoms with Crippen molar-refractivity contribution in [2.45, 2.75) is 0 Å². The number of benzene rings is 2. The van der Waals surface area contributed by atoms with Crippen molar-refractivity contribution < 1.29 is 15.0 Å². The summed E-state index contributed by atoms with van der Waals surface area (Å²) in [5.74, 6) is 0.0172. The number of carbonyl (C=O) groups excluding carboxylic acids is 1. The molecule has 1 heterocycles. The number of rotatable bonds is 3. The summed E-state index contributed by atoms with van der Waals surface area (Å²) in [7, 11) is 0. The molecule has 1 saturated heterocycles. The Balaban J connectivity index is 2.11. The van der Waals surface area contributed by atoms with E-state index in [4.69, 9.17) is 0 Å². The highest BCUT2D eigenvalue weighted by molar-refractivity contribution is 6.29. The summed E-state index contributed by atoms with van der Waals surface area (Å²) < 4.78 is 0. The summed E-state index contributed by atoms with van der Waals surface area (Å²) in [4.78, 5) is 12.8. The van der Waals surface area contributed by atoms with Crippen LogP contribution in [0.2, 0.25) is 0 Å². The van der Waals surface area contributed by atoms with Crippen molar-refractivity contribution in [3.63, 3.8) is 0 Å². The van der Waals surface area contributed by atoms with Crippen LogP contribution < -0.4 is 10.6 Å². The van der Waals surface area contributed by atoms with E-state index in [1.54, 1.807) is 30.3 Å². The molecule has 0 bridgehead atoms. The third-order valence-corrected chi connectivity index (χ3v) is 3.51. The highest BCUT2D eigenvalue weighted by atomic mass is 16.3. The first-order valence-corrected chi connectivity index (χ1v) is 7.01. The number of phenols is 2. The highest BCUT2D eigenvalue weighted by Gasteiger charge is 2.22. The van der Waals surface area contributed by atoms with Crippen LogP contribution >= 0.6 is 0 Å². The molecule has 2 aromatic rings. The summed E-state index contributed by atoms with van der Waals surface area (Å²) in [6, 6.07) is 13.3. The molecule has 0 radical (unpaired) electrons. The van der Waals surface area contributed by atoms with Gasteiger partial charge in [0.05, 0.1) is 5.57 Å². The summed E-state index contributed by atoms with van der Waals surface area (Å²) in [5.41, 5.74) is 1.55. The van der Waals surface area contributed by atoms with Gasteiger partial charge in [0.15, 0.2) is 17.3 Å². The zero-order valence-electron chi connectivity index (χ0n) is 11.8. The van der Waals surface area contributed by atoms with E-state index in [-0.39, 0.29) is 17.3 Å². The first-order valence-electron chi connectivity index (χ1n) is 7.01. The SMILES string of the molecule is O=C(C(=C1NCCN1)c1ccc(O)c(O)c1)c1ccccc1. The van der Waals surface area contributed by atoms with Crippen molar-refractivity contribution in [2.24, 2.45) is 0 Å². The fourth-order valence-electron chi connectivity index (χ4n) is 2.42. The molecule has 0 unspecified atom stereocenters. The number of aromatic hydroxyl groups is 2. The van der Waals surface area contributed by atoms with E-state index in [1.807, 2.05) is 6.07 Å². The van der Waals surface area contributed by atoms with Gasteiger partial charge in [-0.15, -0.1) is 0 Å². The Morgan fingerprint density at radius 3 is 2.18 bits per heavy atom. The van der Waals surface area contributed by atoms with Gasteiger partial charge in [-0.05, 0) is 17.7 Å². The highest BCUT2D eigenvalue weighted by Crippen LogP contribution is 2.30. The largest absolute Gasteiger partial charge is 0.504 e. The number of ketones is 1. The number of nitrogens with one attached hydrogen (secondary N) is 2. The first-order chi connectivity index (χ1) is 10.7. The molecule has 3 rings (SSSR count). The van der Waals surface area contributed by atoms with E-state index in [9.17, 15) is 15.0 Å². The van der Waals surface area contributed by atoms with Crippen LogP contribution in [0.4, 0.5) is 0 Å². The second kappa shape index (κ2) is 5.81. The van der Waals surface area contributed by atoms with Gasteiger partial charge < -0.3 is 20.8 Å². The number of phenolic OH excluding ortho intramolecular Hbond substituents is 2. The lowest BCUT2D eigenvalue weighted by atomic mass is 9.96. The topological polar surface area (TPSA) is 81.6 Å². The van der Waals surface area contributed by atoms with Gasteiger partial charge in [-0.25, -0.2) is 0 Å². The van der Waals surface area contributed by atoms with Gasteiger partial charge in [0, 0.05) is 18.7 Å². The Kier molecular flexibility index (Phi) is 3.70. The smallest absolute Gasteiger partial charge is 0.197 e.